The summed E-state index contributed by atoms with van der Waals surface area (Å²) in [4.78, 5) is 63.4. The molecule has 2 N–H and O–H groups in total. The van der Waals surface area contributed by atoms with Gasteiger partial charge in [0.25, 0.3) is 0 Å². The minimum Gasteiger partial charge on any atom is -0.458 e. The van der Waals surface area contributed by atoms with Crippen LogP contribution in [0.4, 0.5) is 4.79 Å². The molecule has 2 aromatic rings. The number of fused-ring (bicyclic) bond motifs is 1. The number of thiophene rings is 1. The Morgan fingerprint density at radius 2 is 1.80 bits per heavy atom. The molecule has 5 heterocycles. The van der Waals surface area contributed by atoms with Gasteiger partial charge in [-0.05, 0) is 73.2 Å². The molecular formula is C40H55N3O10S2. The number of esters is 1. The molecule has 55 heavy (non-hydrogen) atoms. The van der Waals surface area contributed by atoms with Gasteiger partial charge >= 0.3 is 12.1 Å². The van der Waals surface area contributed by atoms with Crippen molar-refractivity contribution in [1.82, 2.24) is 15.2 Å². The molecule has 0 aliphatic carbocycles. The zero-order valence-electron chi connectivity index (χ0n) is 33.3. The van der Waals surface area contributed by atoms with Crippen LogP contribution in [-0.2, 0) is 38.1 Å². The Balaban J connectivity index is 1.55. The summed E-state index contributed by atoms with van der Waals surface area (Å²) >= 11 is 3.02. The standard InChI is InChI=1S/C40H55N3O10S2/c1-11-30-40(8)34(42-38(48)53-40)23(4)31(44)21(2)18-39(7,49-16-12-13-26-14-15-29(55-26)27-19-54-20-41-27)35(24(5)32(45)25(6)36(47)51-30)52-37-33(46)28(43(9)10)17-22(3)50-37/h14-15,19-25,28,30,33-35,37,46H,11,16-18H2,1-10H3,(H,42,48)/t21-,22-,23-,24+,25-,28+,30+,33-,34-,35-,37+,39?,40-/m1/s1. The molecule has 0 bridgehead atoms. The summed E-state index contributed by atoms with van der Waals surface area (Å²) in [6.45, 7) is 13.6. The second-order valence-electron chi connectivity index (χ2n) is 15.8. The Hall–Kier alpha value is -3.23. The van der Waals surface area contributed by atoms with E-state index in [1.165, 1.54) is 29.6 Å². The third-order valence-corrected chi connectivity index (χ3v) is 13.0. The van der Waals surface area contributed by atoms with E-state index in [-0.39, 0.29) is 37.4 Å². The first-order chi connectivity index (χ1) is 25.9. The van der Waals surface area contributed by atoms with Gasteiger partial charge in [-0.3, -0.25) is 14.4 Å². The number of Topliss-reactive ketones (excluding diaryl/α,β-unsaturated/α-hetero) is 2. The molecule has 2 aromatic heterocycles. The Bertz CT molecular complexity index is 1760. The zero-order chi connectivity index (χ0) is 40.4. The molecule has 1 unspecified atom stereocenters. The normalized spacial score (nSPS) is 37.6. The maximum atomic E-state index is 14.4. The third kappa shape index (κ3) is 9.17. The van der Waals surface area contributed by atoms with Crippen molar-refractivity contribution in [3.8, 4) is 22.4 Å². The summed E-state index contributed by atoms with van der Waals surface area (Å²) in [6.07, 6.45) is -4.46. The van der Waals surface area contributed by atoms with Crippen molar-refractivity contribution in [1.29, 1.82) is 0 Å². The average Bonchev–Trinajstić information content (AvgIpc) is 3.91. The molecule has 15 heteroatoms. The summed E-state index contributed by atoms with van der Waals surface area (Å²) in [5, 5.41) is 16.3. The number of aromatic nitrogens is 1. The molecule has 0 aromatic carbocycles. The molecule has 0 spiro atoms. The van der Waals surface area contributed by atoms with Crippen LogP contribution in [0.1, 0.15) is 79.5 Å². The average molecular weight is 802 g/mol. The van der Waals surface area contributed by atoms with Crippen molar-refractivity contribution in [2.75, 3.05) is 20.7 Å². The number of aliphatic hydroxyl groups is 1. The van der Waals surface area contributed by atoms with E-state index in [1.54, 1.807) is 47.1 Å². The second-order valence-corrected chi connectivity index (χ2v) is 17.6. The third-order valence-electron chi connectivity index (χ3n) is 11.4. The van der Waals surface area contributed by atoms with Crippen LogP contribution in [0.5, 0.6) is 0 Å². The summed E-state index contributed by atoms with van der Waals surface area (Å²) < 4.78 is 31.2. The fourth-order valence-corrected chi connectivity index (χ4v) is 9.80. The Morgan fingerprint density at radius 3 is 2.45 bits per heavy atom. The molecule has 5 rings (SSSR count). The minimum absolute atomic E-state index is 0.0663. The lowest BCUT2D eigenvalue weighted by Crippen LogP contribution is -2.60. The zero-order valence-corrected chi connectivity index (χ0v) is 35.0. The van der Waals surface area contributed by atoms with Gasteiger partial charge in [-0.2, -0.15) is 0 Å². The fraction of sp³-hybridized carbons (Fsp3) is 0.675. The number of aliphatic hydroxyl groups excluding tert-OH is 1. The van der Waals surface area contributed by atoms with Gasteiger partial charge in [-0.25, -0.2) is 9.78 Å². The van der Waals surface area contributed by atoms with Gasteiger partial charge in [0.05, 0.1) is 44.8 Å². The number of likely N-dealkylation sites (N-methyl/N-ethyl adjacent to an activating group) is 1. The molecule has 1 amide bonds. The van der Waals surface area contributed by atoms with Gasteiger partial charge < -0.3 is 39.0 Å². The quantitative estimate of drug-likeness (QED) is 0.217. The summed E-state index contributed by atoms with van der Waals surface area (Å²) in [5.74, 6) is 1.05. The Labute approximate surface area is 331 Å². The highest BCUT2D eigenvalue weighted by Crippen LogP contribution is 2.40. The molecule has 13 atom stereocenters. The number of nitrogens with zero attached hydrogens (tertiary/aromatic N) is 2. The molecule has 13 nitrogen and oxygen atoms in total. The van der Waals surface area contributed by atoms with E-state index < -0.39 is 83.4 Å². The van der Waals surface area contributed by atoms with Gasteiger partial charge in [0.1, 0.15) is 30.5 Å². The number of carbonyl (C=O) groups excluding carboxylic acids is 4. The summed E-state index contributed by atoms with van der Waals surface area (Å²) in [7, 11) is 3.73. The summed E-state index contributed by atoms with van der Waals surface area (Å²) in [6, 6.07) is 2.73. The first-order valence-corrected chi connectivity index (χ1v) is 20.7. The highest BCUT2D eigenvalue weighted by molar-refractivity contribution is 7.16. The molecule has 0 radical (unpaired) electrons. The molecule has 0 saturated carbocycles. The highest BCUT2D eigenvalue weighted by atomic mass is 32.1. The van der Waals surface area contributed by atoms with Crippen molar-refractivity contribution >= 4 is 46.3 Å². The Morgan fingerprint density at radius 1 is 1.07 bits per heavy atom. The van der Waals surface area contributed by atoms with Gasteiger partial charge in [0.2, 0.25) is 0 Å². The number of alkyl carbamates (subject to hydrolysis) is 1. The lowest BCUT2D eigenvalue weighted by Gasteiger charge is -2.47. The van der Waals surface area contributed by atoms with E-state index in [1.807, 2.05) is 43.4 Å². The predicted octanol–water partition coefficient (Wildman–Crippen LogP) is 5.08. The number of thiazole rings is 1. The van der Waals surface area contributed by atoms with Gasteiger partial charge in [0, 0.05) is 29.2 Å². The van der Waals surface area contributed by atoms with Crippen LogP contribution in [0.15, 0.2) is 23.0 Å². The number of ketones is 2. The second kappa shape index (κ2) is 17.5. The smallest absolute Gasteiger partial charge is 0.408 e. The number of cyclic esters (lactones) is 1. The number of ether oxygens (including phenoxy) is 5. The molecule has 3 fully saturated rings. The highest BCUT2D eigenvalue weighted by Gasteiger charge is 2.57. The van der Waals surface area contributed by atoms with Crippen molar-refractivity contribution in [2.45, 2.75) is 129 Å². The number of rotatable bonds is 7. The number of carbonyl (C=O) groups is 4. The molecule has 302 valence electrons. The van der Waals surface area contributed by atoms with E-state index in [9.17, 15) is 24.3 Å². The van der Waals surface area contributed by atoms with Crippen LogP contribution in [-0.4, -0.2) is 113 Å². The lowest BCUT2D eigenvalue weighted by atomic mass is 9.73. The number of amides is 1. The minimum atomic E-state index is -1.39. The Kier molecular flexibility index (Phi) is 13.7. The van der Waals surface area contributed by atoms with Crippen LogP contribution < -0.4 is 5.32 Å². The van der Waals surface area contributed by atoms with E-state index in [2.05, 4.69) is 22.1 Å². The first kappa shape index (κ1) is 42.9. The molecule has 3 saturated heterocycles. The summed E-state index contributed by atoms with van der Waals surface area (Å²) in [5.41, 5.74) is -0.123. The van der Waals surface area contributed by atoms with Crippen molar-refractivity contribution in [3.05, 3.63) is 27.9 Å². The topological polar surface area (TPSA) is 163 Å². The van der Waals surface area contributed by atoms with Crippen molar-refractivity contribution < 1.29 is 48.0 Å². The number of nitrogens with one attached hydrogen (secondary N) is 1. The maximum absolute atomic E-state index is 14.4. The number of hydrogen-bond donors (Lipinski definition) is 2. The van der Waals surface area contributed by atoms with Gasteiger partial charge in [0.15, 0.2) is 17.7 Å². The van der Waals surface area contributed by atoms with Crippen molar-refractivity contribution in [3.63, 3.8) is 0 Å². The maximum Gasteiger partial charge on any atom is 0.408 e. The van der Waals surface area contributed by atoms with Crippen LogP contribution in [0.3, 0.4) is 0 Å². The largest absolute Gasteiger partial charge is 0.458 e. The molecular weight excluding hydrogens is 747 g/mol. The monoisotopic (exact) mass is 801 g/mol. The van der Waals surface area contributed by atoms with Crippen LogP contribution in [0.25, 0.3) is 10.6 Å². The fourth-order valence-electron chi connectivity index (χ4n) is 8.33. The van der Waals surface area contributed by atoms with Gasteiger partial charge in [-0.15, -0.1) is 22.7 Å². The van der Waals surface area contributed by atoms with Crippen molar-refractivity contribution in [2.24, 2.45) is 23.7 Å². The number of hydrogen-bond acceptors (Lipinski definition) is 14. The first-order valence-electron chi connectivity index (χ1n) is 18.9. The van der Waals surface area contributed by atoms with E-state index in [0.29, 0.717) is 6.42 Å². The van der Waals surface area contributed by atoms with E-state index in [0.717, 1.165) is 15.4 Å². The SMILES string of the molecule is CC[C@@H]1OC(=O)[C@H](C)C(=O)[C@H](C)[C@@H](O[C@@H]2O[C@H](C)C[C@H](N(C)C)[C@H]2O)C(C)(OCC#Cc2ccc(-c3cscn3)s2)C[C@@H](C)C(=O)[C@@H](C)[C@H]2NC(=O)O[C@]12C. The predicted molar refractivity (Wildman–Crippen MR) is 207 cm³/mol. The molecule has 3 aliphatic heterocycles. The van der Waals surface area contributed by atoms with Crippen LogP contribution in [0.2, 0.25) is 0 Å². The van der Waals surface area contributed by atoms with Crippen LogP contribution >= 0.6 is 22.7 Å². The lowest BCUT2D eigenvalue weighted by molar-refractivity contribution is -0.296. The van der Waals surface area contributed by atoms with Crippen LogP contribution in [0, 0.1) is 35.5 Å². The van der Waals surface area contributed by atoms with Gasteiger partial charge in [-0.1, -0.05) is 39.5 Å². The van der Waals surface area contributed by atoms with E-state index >= 15 is 0 Å². The van der Waals surface area contributed by atoms with E-state index in [4.69, 9.17) is 23.7 Å². The molecule has 3 aliphatic rings.